The number of nitrogens with zero attached hydrogens (tertiary/aromatic N) is 1. The van der Waals surface area contributed by atoms with Crippen molar-refractivity contribution in [1.29, 1.82) is 0 Å². The highest BCUT2D eigenvalue weighted by Gasteiger charge is 2.35. The minimum atomic E-state index is -1.17. The topological polar surface area (TPSA) is 72.8 Å². The van der Waals surface area contributed by atoms with Crippen LogP contribution in [0.3, 0.4) is 0 Å². The summed E-state index contributed by atoms with van der Waals surface area (Å²) < 4.78 is 0. The van der Waals surface area contributed by atoms with Crippen molar-refractivity contribution in [1.82, 2.24) is 10.2 Å². The quantitative estimate of drug-likeness (QED) is 0.790. The van der Waals surface area contributed by atoms with Gasteiger partial charge in [0.15, 0.2) is 0 Å². The van der Waals surface area contributed by atoms with Gasteiger partial charge in [-0.15, -0.1) is 0 Å². The predicted molar refractivity (Wildman–Crippen MR) is 95.2 cm³/mol. The van der Waals surface area contributed by atoms with E-state index in [1.807, 2.05) is 0 Å². The second-order valence-corrected chi connectivity index (χ2v) is 7.77. The van der Waals surface area contributed by atoms with Gasteiger partial charge in [-0.2, -0.15) is 0 Å². The first-order chi connectivity index (χ1) is 11.2. The van der Waals surface area contributed by atoms with E-state index in [4.69, 9.17) is 0 Å². The molecule has 1 aliphatic heterocycles. The van der Waals surface area contributed by atoms with Crippen LogP contribution in [0.15, 0.2) is 18.2 Å². The second kappa shape index (κ2) is 7.11. The molecule has 0 radical (unpaired) electrons. The molecule has 0 aliphatic carbocycles. The van der Waals surface area contributed by atoms with Gasteiger partial charge in [-0.1, -0.05) is 37.6 Å². The number of hydrogen-bond acceptors (Lipinski definition) is 3. The van der Waals surface area contributed by atoms with Gasteiger partial charge in [0.1, 0.15) is 5.60 Å². The van der Waals surface area contributed by atoms with Gasteiger partial charge in [0.25, 0.3) is 0 Å². The molecule has 5 nitrogen and oxygen atoms in total. The molecule has 134 valence electrons. The Kier molecular flexibility index (Phi) is 5.56. The first kappa shape index (κ1) is 18.7. The van der Waals surface area contributed by atoms with E-state index in [-0.39, 0.29) is 24.6 Å². The van der Waals surface area contributed by atoms with Crippen LogP contribution in [0.25, 0.3) is 0 Å². The maximum atomic E-state index is 12.4. The van der Waals surface area contributed by atoms with Gasteiger partial charge in [-0.05, 0) is 37.8 Å². The molecule has 24 heavy (non-hydrogen) atoms. The summed E-state index contributed by atoms with van der Waals surface area (Å²) in [6.45, 7) is 9.39. The van der Waals surface area contributed by atoms with Crippen LogP contribution in [0.1, 0.15) is 43.4 Å². The third-order valence-electron chi connectivity index (χ3n) is 4.93. The zero-order chi connectivity index (χ0) is 18.0. The molecule has 1 fully saturated rings. The molecule has 1 saturated heterocycles. The number of amides is 2. The van der Waals surface area contributed by atoms with E-state index < -0.39 is 5.60 Å². The van der Waals surface area contributed by atoms with Crippen molar-refractivity contribution in [2.24, 2.45) is 0 Å². The molecule has 0 aromatic heterocycles. The monoisotopic (exact) mass is 334 g/mol. The summed E-state index contributed by atoms with van der Waals surface area (Å²) in [6.07, 6.45) is 1.23. The average molecular weight is 334 g/mol. The number of aliphatic hydroxyl groups excluding tert-OH is 1. The number of aliphatic hydroxyl groups is 2. The fourth-order valence-electron chi connectivity index (χ4n) is 3.49. The van der Waals surface area contributed by atoms with Gasteiger partial charge in [0, 0.05) is 18.5 Å². The summed E-state index contributed by atoms with van der Waals surface area (Å²) >= 11 is 0. The Morgan fingerprint density at radius 1 is 1.38 bits per heavy atom. The van der Waals surface area contributed by atoms with Crippen molar-refractivity contribution >= 4 is 6.03 Å². The number of nitrogens with one attached hydrogen (secondary N) is 1. The van der Waals surface area contributed by atoms with Crippen molar-refractivity contribution in [2.45, 2.75) is 51.6 Å². The van der Waals surface area contributed by atoms with E-state index in [0.717, 1.165) is 0 Å². The number of carbonyl (C=O) groups is 1. The van der Waals surface area contributed by atoms with E-state index in [1.165, 1.54) is 16.7 Å². The molecular weight excluding hydrogens is 304 g/mol. The fraction of sp³-hybridized carbons (Fsp3) is 0.632. The Bertz CT molecular complexity index is 600. The molecular formula is C19H30N2O3. The van der Waals surface area contributed by atoms with E-state index in [0.29, 0.717) is 25.9 Å². The Balaban J connectivity index is 1.99. The lowest BCUT2D eigenvalue weighted by Crippen LogP contribution is -2.55. The van der Waals surface area contributed by atoms with E-state index in [2.05, 4.69) is 51.2 Å². The molecule has 1 unspecified atom stereocenters. The van der Waals surface area contributed by atoms with E-state index in [1.54, 1.807) is 4.90 Å². The fourth-order valence-corrected chi connectivity index (χ4v) is 3.49. The lowest BCUT2D eigenvalue weighted by Gasteiger charge is -2.38. The summed E-state index contributed by atoms with van der Waals surface area (Å²) in [5.74, 6) is 0. The Labute approximate surface area is 144 Å². The van der Waals surface area contributed by atoms with E-state index in [9.17, 15) is 15.0 Å². The van der Waals surface area contributed by atoms with Crippen LogP contribution in [0, 0.1) is 13.8 Å². The number of urea groups is 1. The van der Waals surface area contributed by atoms with Gasteiger partial charge in [0.05, 0.1) is 13.2 Å². The highest BCUT2D eigenvalue weighted by Crippen LogP contribution is 2.27. The molecule has 0 bridgehead atoms. The highest BCUT2D eigenvalue weighted by molar-refractivity contribution is 5.74. The van der Waals surface area contributed by atoms with Crippen molar-refractivity contribution < 1.29 is 15.0 Å². The minimum Gasteiger partial charge on any atom is -0.393 e. The van der Waals surface area contributed by atoms with Gasteiger partial charge in [0.2, 0.25) is 0 Å². The third kappa shape index (κ3) is 4.28. The van der Waals surface area contributed by atoms with Gasteiger partial charge < -0.3 is 20.4 Å². The zero-order valence-corrected chi connectivity index (χ0v) is 15.2. The molecule has 1 aromatic carbocycles. The van der Waals surface area contributed by atoms with Crippen LogP contribution in [0.5, 0.6) is 0 Å². The molecule has 0 spiro atoms. The van der Waals surface area contributed by atoms with Crippen LogP contribution < -0.4 is 5.32 Å². The maximum absolute atomic E-state index is 12.4. The summed E-state index contributed by atoms with van der Waals surface area (Å²) in [7, 11) is 0. The van der Waals surface area contributed by atoms with Gasteiger partial charge in [-0.3, -0.25) is 0 Å². The smallest absolute Gasteiger partial charge is 0.317 e. The maximum Gasteiger partial charge on any atom is 0.317 e. The number of piperidine rings is 1. The van der Waals surface area contributed by atoms with Crippen molar-refractivity contribution in [3.8, 4) is 0 Å². The zero-order valence-electron chi connectivity index (χ0n) is 15.2. The second-order valence-electron chi connectivity index (χ2n) is 7.77. The Morgan fingerprint density at radius 3 is 2.71 bits per heavy atom. The van der Waals surface area contributed by atoms with Gasteiger partial charge in [-0.25, -0.2) is 4.79 Å². The standard InChI is InChI=1S/C19H30N2O3/c1-14-6-7-16(15(2)10-14)18(3,4)11-20-17(23)21-9-5-8-19(24,12-21)13-22/h6-7,10,22,24H,5,8-9,11-13H2,1-4H3,(H,20,23). The first-order valence-corrected chi connectivity index (χ1v) is 8.61. The number of likely N-dealkylation sites (tertiary alicyclic amines) is 1. The number of rotatable bonds is 4. The molecule has 2 rings (SSSR count). The van der Waals surface area contributed by atoms with Crippen molar-refractivity contribution in [3.05, 3.63) is 34.9 Å². The molecule has 1 heterocycles. The normalized spacial score (nSPS) is 21.7. The molecule has 5 heteroatoms. The van der Waals surface area contributed by atoms with E-state index >= 15 is 0 Å². The predicted octanol–water partition coefficient (Wildman–Crippen LogP) is 2.11. The number of aryl methyl sites for hydroxylation is 2. The highest BCUT2D eigenvalue weighted by atomic mass is 16.3. The van der Waals surface area contributed by atoms with Crippen LogP contribution in [-0.4, -0.2) is 53.0 Å². The third-order valence-corrected chi connectivity index (χ3v) is 4.93. The van der Waals surface area contributed by atoms with Gasteiger partial charge >= 0.3 is 6.03 Å². The van der Waals surface area contributed by atoms with Crippen molar-refractivity contribution in [2.75, 3.05) is 26.2 Å². The lowest BCUT2D eigenvalue weighted by molar-refractivity contribution is -0.0569. The van der Waals surface area contributed by atoms with Crippen LogP contribution in [-0.2, 0) is 5.41 Å². The Hall–Kier alpha value is -1.59. The summed E-state index contributed by atoms with van der Waals surface area (Å²) in [6, 6.07) is 6.20. The van der Waals surface area contributed by atoms with Crippen LogP contribution in [0.4, 0.5) is 4.79 Å². The SMILES string of the molecule is Cc1ccc(C(C)(C)CNC(=O)N2CCCC(O)(CO)C2)c(C)c1. The lowest BCUT2D eigenvalue weighted by atomic mass is 9.81. The number of β-amino-alcohol motifs (C(OH)–C–C–N with tert-alkyl or cyclic N) is 1. The largest absolute Gasteiger partial charge is 0.393 e. The summed E-state index contributed by atoms with van der Waals surface area (Å²) in [5.41, 5.74) is 2.32. The average Bonchev–Trinajstić information content (AvgIpc) is 2.52. The molecule has 0 saturated carbocycles. The Morgan fingerprint density at radius 2 is 2.08 bits per heavy atom. The number of benzene rings is 1. The molecule has 1 aliphatic rings. The molecule has 1 aromatic rings. The summed E-state index contributed by atoms with van der Waals surface area (Å²) in [4.78, 5) is 14.0. The summed E-state index contributed by atoms with van der Waals surface area (Å²) in [5, 5.41) is 22.5. The number of carbonyl (C=O) groups excluding carboxylic acids is 1. The van der Waals surface area contributed by atoms with Crippen LogP contribution >= 0.6 is 0 Å². The first-order valence-electron chi connectivity index (χ1n) is 8.61. The van der Waals surface area contributed by atoms with Crippen LogP contribution in [0.2, 0.25) is 0 Å². The molecule has 1 atom stereocenters. The minimum absolute atomic E-state index is 0.180. The molecule has 2 amide bonds. The number of hydrogen-bond donors (Lipinski definition) is 3. The molecule has 3 N–H and O–H groups in total. The van der Waals surface area contributed by atoms with Crippen molar-refractivity contribution in [3.63, 3.8) is 0 Å².